The molecule has 24 heavy (non-hydrogen) atoms. The summed E-state index contributed by atoms with van der Waals surface area (Å²) >= 11 is 5.96. The van der Waals surface area contributed by atoms with Crippen LogP contribution in [0.15, 0.2) is 42.5 Å². The van der Waals surface area contributed by atoms with Gasteiger partial charge < -0.3 is 10.1 Å². The fourth-order valence-electron chi connectivity index (χ4n) is 2.27. The molecule has 0 aromatic heterocycles. The van der Waals surface area contributed by atoms with Crippen LogP contribution in [-0.4, -0.2) is 31.5 Å². The molecule has 0 bridgehead atoms. The molecule has 2 rings (SSSR count). The molecule has 124 valence electrons. The lowest BCUT2D eigenvalue weighted by molar-refractivity contribution is -0.117. The Morgan fingerprint density at radius 3 is 2.79 bits per heavy atom. The second kappa shape index (κ2) is 8.34. The minimum atomic E-state index is -0.152. The molecular weight excluding hydrogens is 326 g/mol. The Bertz CT molecular complexity index is 771. The standard InChI is InChI=1S/C18H18ClN3O2/c1-22(11-13-4-3-5-16(8-13)24-2)12-18(23)21-15-7-6-14(10-20)17(19)9-15/h3-9H,11-12H2,1-2H3,(H,21,23). The van der Waals surface area contributed by atoms with Crippen LogP contribution < -0.4 is 10.1 Å². The van der Waals surface area contributed by atoms with Crippen LogP contribution in [-0.2, 0) is 11.3 Å². The molecule has 0 aliphatic rings. The SMILES string of the molecule is COc1cccc(CN(C)CC(=O)Nc2ccc(C#N)c(Cl)c2)c1. The number of hydrogen-bond acceptors (Lipinski definition) is 4. The molecule has 0 atom stereocenters. The van der Waals surface area contributed by atoms with Gasteiger partial charge in [0.05, 0.1) is 24.2 Å². The summed E-state index contributed by atoms with van der Waals surface area (Å²) in [6, 6.07) is 14.5. The highest BCUT2D eigenvalue weighted by atomic mass is 35.5. The Morgan fingerprint density at radius 1 is 1.33 bits per heavy atom. The lowest BCUT2D eigenvalue weighted by atomic mass is 10.2. The molecule has 0 saturated carbocycles. The summed E-state index contributed by atoms with van der Waals surface area (Å²) in [5.41, 5.74) is 2.01. The van der Waals surface area contributed by atoms with Gasteiger partial charge in [0.2, 0.25) is 5.91 Å². The van der Waals surface area contributed by atoms with Crippen molar-refractivity contribution in [3.63, 3.8) is 0 Å². The van der Waals surface area contributed by atoms with Crippen molar-refractivity contribution in [1.29, 1.82) is 5.26 Å². The highest BCUT2D eigenvalue weighted by molar-refractivity contribution is 6.32. The molecule has 2 aromatic carbocycles. The molecule has 5 nitrogen and oxygen atoms in total. The number of amides is 1. The van der Waals surface area contributed by atoms with Crippen molar-refractivity contribution in [2.45, 2.75) is 6.54 Å². The van der Waals surface area contributed by atoms with Gasteiger partial charge in [0.25, 0.3) is 0 Å². The quantitative estimate of drug-likeness (QED) is 0.874. The van der Waals surface area contributed by atoms with Crippen molar-refractivity contribution in [2.24, 2.45) is 0 Å². The lowest BCUT2D eigenvalue weighted by Gasteiger charge is -2.17. The number of likely N-dealkylation sites (N-methyl/N-ethyl adjacent to an activating group) is 1. The molecule has 0 unspecified atom stereocenters. The maximum atomic E-state index is 12.1. The smallest absolute Gasteiger partial charge is 0.238 e. The lowest BCUT2D eigenvalue weighted by Crippen LogP contribution is -2.29. The van der Waals surface area contributed by atoms with Gasteiger partial charge in [-0.3, -0.25) is 9.69 Å². The number of methoxy groups -OCH3 is 1. The zero-order valence-electron chi connectivity index (χ0n) is 13.5. The first-order valence-electron chi connectivity index (χ1n) is 7.33. The highest BCUT2D eigenvalue weighted by Gasteiger charge is 2.09. The van der Waals surface area contributed by atoms with Gasteiger partial charge in [0, 0.05) is 12.2 Å². The first-order chi connectivity index (χ1) is 11.5. The molecule has 1 amide bonds. The molecule has 0 fully saturated rings. The Labute approximate surface area is 146 Å². The van der Waals surface area contributed by atoms with E-state index in [1.807, 2.05) is 42.3 Å². The number of nitrogens with one attached hydrogen (secondary N) is 1. The Hall–Kier alpha value is -2.55. The number of carbonyl (C=O) groups is 1. The van der Waals surface area contributed by atoms with Gasteiger partial charge in [-0.25, -0.2) is 0 Å². The van der Waals surface area contributed by atoms with Crippen LogP contribution in [0.25, 0.3) is 0 Å². The average molecular weight is 344 g/mol. The molecule has 0 aliphatic heterocycles. The molecule has 0 heterocycles. The Morgan fingerprint density at radius 2 is 2.12 bits per heavy atom. The molecule has 1 N–H and O–H groups in total. The largest absolute Gasteiger partial charge is 0.497 e. The first kappa shape index (κ1) is 17.8. The number of benzene rings is 2. The summed E-state index contributed by atoms with van der Waals surface area (Å²) in [4.78, 5) is 14.0. The molecule has 0 saturated heterocycles. The number of carbonyl (C=O) groups excluding carboxylic acids is 1. The van der Waals surface area contributed by atoms with Crippen molar-refractivity contribution in [1.82, 2.24) is 4.90 Å². The van der Waals surface area contributed by atoms with Gasteiger partial charge in [-0.2, -0.15) is 5.26 Å². The van der Waals surface area contributed by atoms with Crippen LogP contribution in [0.5, 0.6) is 5.75 Å². The van der Waals surface area contributed by atoms with E-state index in [1.165, 1.54) is 0 Å². The summed E-state index contributed by atoms with van der Waals surface area (Å²) in [6.45, 7) is 0.855. The average Bonchev–Trinajstić information content (AvgIpc) is 2.55. The van der Waals surface area contributed by atoms with Gasteiger partial charge in [-0.1, -0.05) is 23.7 Å². The molecule has 6 heteroatoms. The fraction of sp³-hybridized carbons (Fsp3) is 0.222. The van der Waals surface area contributed by atoms with Crippen molar-refractivity contribution < 1.29 is 9.53 Å². The van der Waals surface area contributed by atoms with E-state index in [4.69, 9.17) is 21.6 Å². The molecule has 2 aromatic rings. The van der Waals surface area contributed by atoms with Crippen molar-refractivity contribution >= 4 is 23.2 Å². The van der Waals surface area contributed by atoms with Crippen LogP contribution >= 0.6 is 11.6 Å². The van der Waals surface area contributed by atoms with E-state index >= 15 is 0 Å². The topological polar surface area (TPSA) is 65.4 Å². The Kier molecular flexibility index (Phi) is 6.19. The minimum absolute atomic E-state index is 0.152. The summed E-state index contributed by atoms with van der Waals surface area (Å²) in [5.74, 6) is 0.638. The third-order valence-electron chi connectivity index (χ3n) is 3.37. The van der Waals surface area contributed by atoms with E-state index in [9.17, 15) is 4.79 Å². The van der Waals surface area contributed by atoms with E-state index < -0.39 is 0 Å². The number of nitrogens with zero attached hydrogens (tertiary/aromatic N) is 2. The van der Waals surface area contributed by atoms with Gasteiger partial charge in [0.15, 0.2) is 0 Å². The predicted octanol–water partition coefficient (Wildman–Crippen LogP) is 3.29. The number of hydrogen-bond donors (Lipinski definition) is 1. The number of ether oxygens (including phenoxy) is 1. The number of halogens is 1. The first-order valence-corrected chi connectivity index (χ1v) is 7.70. The molecule has 0 aliphatic carbocycles. The zero-order valence-corrected chi connectivity index (χ0v) is 14.3. The third kappa shape index (κ3) is 4.98. The van der Waals surface area contributed by atoms with Gasteiger partial charge >= 0.3 is 0 Å². The normalized spacial score (nSPS) is 10.3. The van der Waals surface area contributed by atoms with Crippen LogP contribution in [0.3, 0.4) is 0 Å². The highest BCUT2D eigenvalue weighted by Crippen LogP contribution is 2.20. The minimum Gasteiger partial charge on any atom is -0.497 e. The van der Waals surface area contributed by atoms with Crippen LogP contribution in [0.2, 0.25) is 5.02 Å². The van der Waals surface area contributed by atoms with Crippen LogP contribution in [0, 0.1) is 11.3 Å². The summed E-state index contributed by atoms with van der Waals surface area (Å²) in [5, 5.41) is 11.9. The van der Waals surface area contributed by atoms with Crippen molar-refractivity contribution in [3.8, 4) is 11.8 Å². The number of nitriles is 1. The van der Waals surface area contributed by atoms with E-state index in [0.717, 1.165) is 11.3 Å². The summed E-state index contributed by atoms with van der Waals surface area (Å²) < 4.78 is 5.19. The summed E-state index contributed by atoms with van der Waals surface area (Å²) in [6.07, 6.45) is 0. The number of anilines is 1. The van der Waals surface area contributed by atoms with Crippen molar-refractivity contribution in [2.75, 3.05) is 26.0 Å². The molecule has 0 radical (unpaired) electrons. The van der Waals surface area contributed by atoms with E-state index in [-0.39, 0.29) is 12.5 Å². The van der Waals surface area contributed by atoms with E-state index in [0.29, 0.717) is 22.8 Å². The van der Waals surface area contributed by atoms with Gasteiger partial charge in [-0.15, -0.1) is 0 Å². The second-order valence-corrected chi connectivity index (χ2v) is 5.79. The second-order valence-electron chi connectivity index (χ2n) is 5.38. The fourth-order valence-corrected chi connectivity index (χ4v) is 2.49. The monoisotopic (exact) mass is 343 g/mol. The van der Waals surface area contributed by atoms with Crippen LogP contribution in [0.1, 0.15) is 11.1 Å². The number of rotatable bonds is 6. The molecule has 0 spiro atoms. The van der Waals surface area contributed by atoms with Crippen LogP contribution in [0.4, 0.5) is 5.69 Å². The maximum absolute atomic E-state index is 12.1. The van der Waals surface area contributed by atoms with Gasteiger partial charge in [0.1, 0.15) is 11.8 Å². The predicted molar refractivity (Wildman–Crippen MR) is 94.1 cm³/mol. The van der Waals surface area contributed by atoms with Gasteiger partial charge in [-0.05, 0) is 42.9 Å². The van der Waals surface area contributed by atoms with E-state index in [2.05, 4.69) is 5.32 Å². The molecular formula is C18H18ClN3O2. The summed E-state index contributed by atoms with van der Waals surface area (Å²) in [7, 11) is 3.49. The third-order valence-corrected chi connectivity index (χ3v) is 3.69. The zero-order chi connectivity index (χ0) is 17.5. The van der Waals surface area contributed by atoms with Crippen molar-refractivity contribution in [3.05, 3.63) is 58.6 Å². The van der Waals surface area contributed by atoms with E-state index in [1.54, 1.807) is 25.3 Å². The maximum Gasteiger partial charge on any atom is 0.238 e. The Balaban J connectivity index is 1.91.